The number of nitrogens with zero attached hydrogens (tertiary/aromatic N) is 2. The predicted molar refractivity (Wildman–Crippen MR) is 47.2 cm³/mol. The van der Waals surface area contributed by atoms with Crippen LogP contribution in [0.25, 0.3) is 0 Å². The minimum Gasteiger partial charge on any atom is -0.301 e. The van der Waals surface area contributed by atoms with E-state index in [4.69, 9.17) is 5.26 Å². The fourth-order valence-electron chi connectivity index (χ4n) is 0.813. The van der Waals surface area contributed by atoms with Gasteiger partial charge in [-0.1, -0.05) is 19.1 Å². The Morgan fingerprint density at radius 1 is 1.64 bits per heavy atom. The Morgan fingerprint density at radius 2 is 2.27 bits per heavy atom. The molecule has 0 aromatic heterocycles. The van der Waals surface area contributed by atoms with E-state index >= 15 is 0 Å². The molecule has 0 bridgehead atoms. The van der Waals surface area contributed by atoms with E-state index in [2.05, 4.69) is 24.5 Å². The van der Waals surface area contributed by atoms with Crippen molar-refractivity contribution in [2.75, 3.05) is 20.1 Å². The highest BCUT2D eigenvalue weighted by molar-refractivity contribution is 4.95. The molecular weight excluding hydrogens is 136 g/mol. The summed E-state index contributed by atoms with van der Waals surface area (Å²) in [5.74, 6) is 0. The summed E-state index contributed by atoms with van der Waals surface area (Å²) in [6.45, 7) is 7.75. The molecule has 0 saturated carbocycles. The maximum Gasteiger partial charge on any atom is 0.0635 e. The van der Waals surface area contributed by atoms with E-state index in [-0.39, 0.29) is 0 Å². The average Bonchev–Trinajstić information content (AvgIpc) is 2.00. The molecule has 62 valence electrons. The van der Waals surface area contributed by atoms with E-state index in [1.54, 1.807) is 0 Å². The van der Waals surface area contributed by atoms with Crippen LogP contribution in [0.2, 0.25) is 0 Å². The summed E-state index contributed by atoms with van der Waals surface area (Å²) >= 11 is 0. The maximum atomic E-state index is 8.31. The van der Waals surface area contributed by atoms with Gasteiger partial charge in [-0.25, -0.2) is 0 Å². The van der Waals surface area contributed by atoms with Gasteiger partial charge in [-0.2, -0.15) is 5.26 Å². The van der Waals surface area contributed by atoms with E-state index in [0.717, 1.165) is 19.5 Å². The second-order valence-corrected chi connectivity index (χ2v) is 2.75. The van der Waals surface area contributed by atoms with E-state index in [1.807, 2.05) is 7.05 Å². The summed E-state index contributed by atoms with van der Waals surface area (Å²) in [5.41, 5.74) is 1.23. The molecule has 0 aliphatic carbocycles. The minimum absolute atomic E-state index is 0.605. The third-order valence-electron chi connectivity index (χ3n) is 1.60. The van der Waals surface area contributed by atoms with Gasteiger partial charge in [0.05, 0.1) is 6.07 Å². The summed E-state index contributed by atoms with van der Waals surface area (Å²) in [6.07, 6.45) is 1.63. The molecule has 0 fully saturated rings. The second kappa shape index (κ2) is 5.94. The quantitative estimate of drug-likeness (QED) is 0.562. The van der Waals surface area contributed by atoms with Crippen molar-refractivity contribution in [3.63, 3.8) is 0 Å². The van der Waals surface area contributed by atoms with Gasteiger partial charge < -0.3 is 4.90 Å². The van der Waals surface area contributed by atoms with Crippen LogP contribution in [-0.2, 0) is 0 Å². The van der Waals surface area contributed by atoms with Crippen LogP contribution >= 0.6 is 0 Å². The van der Waals surface area contributed by atoms with Gasteiger partial charge in [0.15, 0.2) is 0 Å². The molecule has 0 N–H and O–H groups in total. The van der Waals surface area contributed by atoms with Crippen molar-refractivity contribution >= 4 is 0 Å². The van der Waals surface area contributed by atoms with Gasteiger partial charge in [-0.15, -0.1) is 0 Å². The zero-order chi connectivity index (χ0) is 8.69. The van der Waals surface area contributed by atoms with Crippen molar-refractivity contribution in [2.45, 2.75) is 19.8 Å². The number of hydrogen-bond acceptors (Lipinski definition) is 2. The van der Waals surface area contributed by atoms with Gasteiger partial charge in [0.25, 0.3) is 0 Å². The highest BCUT2D eigenvalue weighted by Gasteiger charge is 1.97. The van der Waals surface area contributed by atoms with Crippen LogP contribution < -0.4 is 0 Å². The van der Waals surface area contributed by atoms with Gasteiger partial charge in [0, 0.05) is 19.5 Å². The number of nitriles is 1. The van der Waals surface area contributed by atoms with E-state index < -0.39 is 0 Å². The van der Waals surface area contributed by atoms with Crippen molar-refractivity contribution in [1.29, 1.82) is 5.26 Å². The largest absolute Gasteiger partial charge is 0.301 e. The topological polar surface area (TPSA) is 27.0 Å². The lowest BCUT2D eigenvalue weighted by Crippen LogP contribution is -2.21. The molecule has 0 amide bonds. The van der Waals surface area contributed by atoms with E-state index in [9.17, 15) is 0 Å². The molecule has 0 unspecified atom stereocenters. The molecule has 0 heterocycles. The first-order valence-electron chi connectivity index (χ1n) is 3.92. The van der Waals surface area contributed by atoms with Crippen LogP contribution in [0.5, 0.6) is 0 Å². The summed E-state index contributed by atoms with van der Waals surface area (Å²) in [6, 6.07) is 2.12. The molecule has 0 spiro atoms. The Bertz CT molecular complexity index is 155. The van der Waals surface area contributed by atoms with Crippen LogP contribution in [0.4, 0.5) is 0 Å². The fourth-order valence-corrected chi connectivity index (χ4v) is 0.813. The Kier molecular flexibility index (Phi) is 5.50. The SMILES string of the molecule is C=C(CC)CN(C)CCC#N. The zero-order valence-corrected chi connectivity index (χ0v) is 7.43. The van der Waals surface area contributed by atoms with Gasteiger partial charge in [0.2, 0.25) is 0 Å². The molecule has 2 nitrogen and oxygen atoms in total. The monoisotopic (exact) mass is 152 g/mol. The molecular formula is C9H16N2. The normalized spacial score (nSPS) is 9.64. The van der Waals surface area contributed by atoms with Gasteiger partial charge in [-0.05, 0) is 13.5 Å². The van der Waals surface area contributed by atoms with Crippen LogP contribution in [0, 0.1) is 11.3 Å². The lowest BCUT2D eigenvalue weighted by molar-refractivity contribution is 0.368. The molecule has 0 rings (SSSR count). The maximum absolute atomic E-state index is 8.31. The minimum atomic E-state index is 0.605. The molecule has 2 heteroatoms. The molecule has 0 atom stereocenters. The van der Waals surface area contributed by atoms with Crippen molar-refractivity contribution in [3.05, 3.63) is 12.2 Å². The molecule has 0 aliphatic rings. The van der Waals surface area contributed by atoms with Crippen molar-refractivity contribution in [1.82, 2.24) is 4.90 Å². The Labute approximate surface area is 69.1 Å². The lowest BCUT2D eigenvalue weighted by Gasteiger charge is -2.15. The summed E-state index contributed by atoms with van der Waals surface area (Å²) < 4.78 is 0. The van der Waals surface area contributed by atoms with Crippen LogP contribution in [0.1, 0.15) is 19.8 Å². The van der Waals surface area contributed by atoms with Gasteiger partial charge in [0.1, 0.15) is 0 Å². The molecule has 0 aromatic carbocycles. The zero-order valence-electron chi connectivity index (χ0n) is 7.43. The van der Waals surface area contributed by atoms with Crippen LogP contribution in [-0.4, -0.2) is 25.0 Å². The third-order valence-corrected chi connectivity index (χ3v) is 1.60. The van der Waals surface area contributed by atoms with Crippen LogP contribution in [0.3, 0.4) is 0 Å². The number of hydrogen-bond donors (Lipinski definition) is 0. The molecule has 0 radical (unpaired) electrons. The highest BCUT2D eigenvalue weighted by atomic mass is 15.1. The highest BCUT2D eigenvalue weighted by Crippen LogP contribution is 1.98. The molecule has 11 heavy (non-hydrogen) atoms. The summed E-state index contributed by atoms with van der Waals surface area (Å²) in [4.78, 5) is 2.12. The van der Waals surface area contributed by atoms with Crippen LogP contribution in [0.15, 0.2) is 12.2 Å². The predicted octanol–water partition coefficient (Wildman–Crippen LogP) is 1.80. The second-order valence-electron chi connectivity index (χ2n) is 2.75. The average molecular weight is 152 g/mol. The Balaban J connectivity index is 3.45. The van der Waals surface area contributed by atoms with E-state index in [0.29, 0.717) is 6.42 Å². The van der Waals surface area contributed by atoms with Gasteiger partial charge in [-0.3, -0.25) is 0 Å². The van der Waals surface area contributed by atoms with Crippen molar-refractivity contribution in [2.24, 2.45) is 0 Å². The third kappa shape index (κ3) is 5.63. The summed E-state index contributed by atoms with van der Waals surface area (Å²) in [5, 5.41) is 8.31. The number of rotatable bonds is 5. The number of likely N-dealkylation sites (N-methyl/N-ethyl adjacent to an activating group) is 1. The first kappa shape index (κ1) is 10.2. The Morgan fingerprint density at radius 3 is 2.73 bits per heavy atom. The summed E-state index contributed by atoms with van der Waals surface area (Å²) in [7, 11) is 2.01. The molecule has 0 aromatic rings. The standard InChI is InChI=1S/C9H16N2/c1-4-9(2)8-11(3)7-5-6-10/h2,4-5,7-8H2,1,3H3. The van der Waals surface area contributed by atoms with E-state index in [1.165, 1.54) is 5.57 Å². The van der Waals surface area contributed by atoms with Gasteiger partial charge >= 0.3 is 0 Å². The first-order chi connectivity index (χ1) is 5.20. The fraction of sp³-hybridized carbons (Fsp3) is 0.667. The smallest absolute Gasteiger partial charge is 0.0635 e. The Hall–Kier alpha value is -0.810. The molecule has 0 aliphatic heterocycles. The molecule has 0 saturated heterocycles. The van der Waals surface area contributed by atoms with Crippen molar-refractivity contribution in [3.8, 4) is 6.07 Å². The lowest BCUT2D eigenvalue weighted by atomic mass is 10.2. The first-order valence-corrected chi connectivity index (χ1v) is 3.92. The van der Waals surface area contributed by atoms with Crippen molar-refractivity contribution < 1.29 is 0 Å².